The van der Waals surface area contributed by atoms with E-state index in [0.29, 0.717) is 4.90 Å². The number of carbonyl (C=O) groups excluding carboxylic acids is 2. The van der Waals surface area contributed by atoms with Gasteiger partial charge in [0.25, 0.3) is 0 Å². The molecule has 0 saturated carbocycles. The summed E-state index contributed by atoms with van der Waals surface area (Å²) in [5.41, 5.74) is -5.47. The van der Waals surface area contributed by atoms with Crippen LogP contribution in [-0.4, -0.2) is 44.1 Å². The molecule has 1 aliphatic heterocycles. The molecular formula is C5H5F3N2O5S. The molecule has 0 radical (unpaired) electrons. The third-order valence-electron chi connectivity index (χ3n) is 1.56. The van der Waals surface area contributed by atoms with E-state index in [0.717, 1.165) is 4.72 Å². The summed E-state index contributed by atoms with van der Waals surface area (Å²) in [5, 5.41) is 0. The summed E-state index contributed by atoms with van der Waals surface area (Å²) in [6.07, 6.45) is 0. The number of hydrogen-bond acceptors (Lipinski definition) is 5. The van der Waals surface area contributed by atoms with Crippen molar-refractivity contribution in [3.8, 4) is 0 Å². The van der Waals surface area contributed by atoms with Crippen molar-refractivity contribution < 1.29 is 35.9 Å². The average Bonchev–Trinajstić information content (AvgIpc) is 2.43. The predicted octanol–water partition coefficient (Wildman–Crippen LogP) is -1.27. The summed E-state index contributed by atoms with van der Waals surface area (Å²) < 4.78 is 61.7. The summed E-state index contributed by atoms with van der Waals surface area (Å²) in [6, 6.07) is 0. The predicted molar refractivity (Wildman–Crippen MR) is 40.8 cm³/mol. The first-order valence-corrected chi connectivity index (χ1v) is 5.15. The first-order valence-electron chi connectivity index (χ1n) is 3.67. The summed E-state index contributed by atoms with van der Waals surface area (Å²) in [5.74, 6) is -2.45. The second kappa shape index (κ2) is 3.90. The second-order valence-electron chi connectivity index (χ2n) is 2.66. The zero-order valence-corrected chi connectivity index (χ0v) is 8.26. The molecule has 0 spiro atoms. The fraction of sp³-hybridized carbons (Fsp3) is 0.600. The maximum Gasteiger partial charge on any atom is 0.511 e. The molecular weight excluding hydrogens is 257 g/mol. The van der Waals surface area contributed by atoms with Crippen molar-refractivity contribution >= 4 is 21.9 Å². The third kappa shape index (κ3) is 2.41. The van der Waals surface area contributed by atoms with Gasteiger partial charge in [0.1, 0.15) is 0 Å². The lowest BCUT2D eigenvalue weighted by atomic mass is 10.6. The molecule has 0 aromatic rings. The minimum Gasteiger partial charge on any atom is -0.437 e. The van der Waals surface area contributed by atoms with Crippen molar-refractivity contribution in [2.75, 3.05) is 13.4 Å². The van der Waals surface area contributed by atoms with Crippen LogP contribution in [0.1, 0.15) is 0 Å². The number of rotatable bonds is 3. The van der Waals surface area contributed by atoms with Crippen LogP contribution in [0.25, 0.3) is 0 Å². The number of hydrogen-bond donors (Lipinski definition) is 1. The van der Waals surface area contributed by atoms with E-state index < -0.39 is 40.8 Å². The van der Waals surface area contributed by atoms with E-state index in [1.165, 1.54) is 0 Å². The third-order valence-corrected chi connectivity index (χ3v) is 2.68. The summed E-state index contributed by atoms with van der Waals surface area (Å²) in [6.45, 7) is -1.57. The van der Waals surface area contributed by atoms with Crippen molar-refractivity contribution in [1.29, 1.82) is 0 Å². The van der Waals surface area contributed by atoms with Gasteiger partial charge in [-0.05, 0) is 0 Å². The molecule has 92 valence electrons. The van der Waals surface area contributed by atoms with Crippen LogP contribution in [-0.2, 0) is 24.3 Å². The highest BCUT2D eigenvalue weighted by atomic mass is 32.2. The molecule has 7 nitrogen and oxygen atoms in total. The van der Waals surface area contributed by atoms with E-state index >= 15 is 0 Å². The highest BCUT2D eigenvalue weighted by Gasteiger charge is 2.46. The van der Waals surface area contributed by atoms with Gasteiger partial charge in [-0.25, -0.2) is 13.2 Å². The lowest BCUT2D eigenvalue weighted by Gasteiger charge is -2.14. The fourth-order valence-corrected chi connectivity index (χ4v) is 1.24. The van der Waals surface area contributed by atoms with Gasteiger partial charge in [0.2, 0.25) is 0 Å². The highest BCUT2D eigenvalue weighted by molar-refractivity contribution is 7.90. The average molecular weight is 262 g/mol. The van der Waals surface area contributed by atoms with Gasteiger partial charge in [-0.3, -0.25) is 9.69 Å². The van der Waals surface area contributed by atoms with Crippen LogP contribution in [0.3, 0.4) is 0 Å². The maximum absolute atomic E-state index is 11.8. The summed E-state index contributed by atoms with van der Waals surface area (Å²) in [4.78, 5) is 21.8. The van der Waals surface area contributed by atoms with Crippen LogP contribution < -0.4 is 4.72 Å². The first kappa shape index (κ1) is 12.7. The maximum atomic E-state index is 11.8. The van der Waals surface area contributed by atoms with Crippen LogP contribution in [0.15, 0.2) is 0 Å². The van der Waals surface area contributed by atoms with Crippen LogP contribution in [0.2, 0.25) is 0 Å². The molecule has 0 aromatic heterocycles. The van der Waals surface area contributed by atoms with Gasteiger partial charge in [0, 0.05) is 0 Å². The van der Waals surface area contributed by atoms with E-state index in [9.17, 15) is 31.2 Å². The molecule has 1 fully saturated rings. The minimum absolute atomic E-state index is 0.478. The van der Waals surface area contributed by atoms with Crippen molar-refractivity contribution in [3.63, 3.8) is 0 Å². The minimum atomic E-state index is -5.54. The van der Waals surface area contributed by atoms with Crippen LogP contribution in [0.4, 0.5) is 13.2 Å². The van der Waals surface area contributed by atoms with E-state index in [-0.39, 0.29) is 0 Å². The normalized spacial score (nSPS) is 17.8. The Bertz CT molecular complexity index is 416. The van der Waals surface area contributed by atoms with E-state index in [2.05, 4.69) is 4.74 Å². The Morgan fingerprint density at radius 1 is 1.38 bits per heavy atom. The number of nitrogens with zero attached hydrogens (tertiary/aromatic N) is 1. The van der Waals surface area contributed by atoms with E-state index in [1.807, 2.05) is 0 Å². The smallest absolute Gasteiger partial charge is 0.437 e. The Morgan fingerprint density at radius 3 is 2.31 bits per heavy atom. The second-order valence-corrected chi connectivity index (χ2v) is 4.42. The molecule has 0 aromatic carbocycles. The number of amides is 1. The summed E-state index contributed by atoms with van der Waals surface area (Å²) in [7, 11) is -5.54. The SMILES string of the molecule is O=C1OCN(CNS(=O)(=O)C(F)(F)F)C1=O. The number of carbonyl (C=O) groups is 2. The Hall–Kier alpha value is -1.36. The number of sulfonamides is 1. The van der Waals surface area contributed by atoms with Gasteiger partial charge in [0.15, 0.2) is 6.73 Å². The molecule has 1 heterocycles. The molecule has 0 aliphatic carbocycles. The highest BCUT2D eigenvalue weighted by Crippen LogP contribution is 2.21. The van der Waals surface area contributed by atoms with Crippen molar-refractivity contribution in [2.45, 2.75) is 5.51 Å². The molecule has 0 atom stereocenters. The monoisotopic (exact) mass is 262 g/mol. The van der Waals surface area contributed by atoms with Crippen molar-refractivity contribution in [1.82, 2.24) is 9.62 Å². The van der Waals surface area contributed by atoms with Gasteiger partial charge in [-0.2, -0.15) is 17.9 Å². The molecule has 0 bridgehead atoms. The first-order chi connectivity index (χ1) is 7.15. The van der Waals surface area contributed by atoms with Crippen LogP contribution >= 0.6 is 0 Å². The number of alkyl halides is 3. The van der Waals surface area contributed by atoms with E-state index in [1.54, 1.807) is 0 Å². The van der Waals surface area contributed by atoms with Crippen LogP contribution in [0.5, 0.6) is 0 Å². The molecule has 1 saturated heterocycles. The molecule has 1 N–H and O–H groups in total. The molecule has 11 heteroatoms. The Labute approximate surface area is 87.2 Å². The van der Waals surface area contributed by atoms with Gasteiger partial charge in [0.05, 0.1) is 6.67 Å². The molecule has 1 rings (SSSR count). The number of esters is 1. The Kier molecular flexibility index (Phi) is 3.10. The largest absolute Gasteiger partial charge is 0.511 e. The fourth-order valence-electron chi connectivity index (χ4n) is 0.748. The zero-order valence-electron chi connectivity index (χ0n) is 7.44. The van der Waals surface area contributed by atoms with Gasteiger partial charge in [-0.1, -0.05) is 0 Å². The number of halogens is 3. The topological polar surface area (TPSA) is 92.8 Å². The van der Waals surface area contributed by atoms with Gasteiger partial charge in [-0.15, -0.1) is 0 Å². The van der Waals surface area contributed by atoms with Crippen molar-refractivity contribution in [3.05, 3.63) is 0 Å². The van der Waals surface area contributed by atoms with E-state index in [4.69, 9.17) is 0 Å². The quantitative estimate of drug-likeness (QED) is 0.505. The molecule has 1 amide bonds. The number of ether oxygens (including phenoxy) is 1. The summed E-state index contributed by atoms with van der Waals surface area (Å²) >= 11 is 0. The lowest BCUT2D eigenvalue weighted by molar-refractivity contribution is -0.148. The molecule has 1 aliphatic rings. The molecule has 0 unspecified atom stereocenters. The van der Waals surface area contributed by atoms with Gasteiger partial charge < -0.3 is 4.74 Å². The number of cyclic esters (lactones) is 1. The Morgan fingerprint density at radius 2 is 1.94 bits per heavy atom. The zero-order chi connectivity index (χ0) is 12.6. The Balaban J connectivity index is 2.60. The van der Waals surface area contributed by atoms with Crippen LogP contribution in [0, 0.1) is 0 Å². The number of nitrogens with one attached hydrogen (secondary N) is 1. The van der Waals surface area contributed by atoms with Crippen molar-refractivity contribution in [2.24, 2.45) is 0 Å². The molecule has 16 heavy (non-hydrogen) atoms. The lowest BCUT2D eigenvalue weighted by Crippen LogP contribution is -2.44. The standard InChI is InChI=1S/C5H5F3N2O5S/c6-5(7,8)16(13,14)9-1-10-2-15-4(12)3(10)11/h9H,1-2H2. The van der Waals surface area contributed by atoms with Gasteiger partial charge >= 0.3 is 27.4 Å².